The molecule has 0 aliphatic heterocycles. The molecule has 7 heteroatoms. The summed E-state index contributed by atoms with van der Waals surface area (Å²) in [5.41, 5.74) is 1.57. The van der Waals surface area contributed by atoms with Gasteiger partial charge in [-0.05, 0) is 45.8 Å². The lowest BCUT2D eigenvalue weighted by atomic mass is 10.1. The second-order valence-electron chi connectivity index (χ2n) is 5.01. The SMILES string of the molecule is COC(=O)c1ccc(COC(=O)CNC(=O)c2ccccc2Br)cc1. The normalized spacial score (nSPS) is 10.0. The van der Waals surface area contributed by atoms with Crippen molar-refractivity contribution in [2.75, 3.05) is 13.7 Å². The number of hydrogen-bond donors (Lipinski definition) is 1. The predicted molar refractivity (Wildman–Crippen MR) is 94.1 cm³/mol. The number of rotatable bonds is 6. The van der Waals surface area contributed by atoms with Gasteiger partial charge in [0.1, 0.15) is 13.2 Å². The molecule has 0 fully saturated rings. The van der Waals surface area contributed by atoms with Gasteiger partial charge in [0.2, 0.25) is 0 Å². The summed E-state index contributed by atoms with van der Waals surface area (Å²) in [5.74, 6) is -1.36. The van der Waals surface area contributed by atoms with Crippen LogP contribution in [0.4, 0.5) is 0 Å². The van der Waals surface area contributed by atoms with Crippen molar-refractivity contribution in [3.8, 4) is 0 Å². The Kier molecular flexibility index (Phi) is 6.71. The topological polar surface area (TPSA) is 81.7 Å². The van der Waals surface area contributed by atoms with Crippen molar-refractivity contribution in [1.82, 2.24) is 5.32 Å². The maximum Gasteiger partial charge on any atom is 0.337 e. The molecule has 0 atom stereocenters. The number of esters is 2. The number of carbonyl (C=O) groups excluding carboxylic acids is 3. The highest BCUT2D eigenvalue weighted by Gasteiger charge is 2.11. The van der Waals surface area contributed by atoms with Crippen LogP contribution < -0.4 is 5.32 Å². The second kappa shape index (κ2) is 8.98. The smallest absolute Gasteiger partial charge is 0.337 e. The average molecular weight is 406 g/mol. The first-order chi connectivity index (χ1) is 12.0. The predicted octanol–water partition coefficient (Wildman–Crippen LogP) is 2.71. The van der Waals surface area contributed by atoms with Gasteiger partial charge in [-0.25, -0.2) is 4.79 Å². The van der Waals surface area contributed by atoms with Crippen molar-refractivity contribution in [2.45, 2.75) is 6.61 Å². The van der Waals surface area contributed by atoms with Gasteiger partial charge < -0.3 is 14.8 Å². The molecule has 1 N–H and O–H groups in total. The van der Waals surface area contributed by atoms with Crippen LogP contribution in [0.25, 0.3) is 0 Å². The highest BCUT2D eigenvalue weighted by Crippen LogP contribution is 2.15. The zero-order valence-corrected chi connectivity index (χ0v) is 15.0. The molecule has 0 aromatic heterocycles. The maximum absolute atomic E-state index is 12.0. The van der Waals surface area contributed by atoms with E-state index in [0.29, 0.717) is 15.6 Å². The van der Waals surface area contributed by atoms with E-state index in [4.69, 9.17) is 4.74 Å². The van der Waals surface area contributed by atoms with Gasteiger partial charge in [0, 0.05) is 4.47 Å². The minimum atomic E-state index is -0.558. The summed E-state index contributed by atoms with van der Waals surface area (Å²) in [6.07, 6.45) is 0. The first-order valence-corrected chi connectivity index (χ1v) is 8.16. The van der Waals surface area contributed by atoms with E-state index in [1.165, 1.54) is 7.11 Å². The molecule has 0 saturated carbocycles. The number of carbonyl (C=O) groups is 3. The number of ether oxygens (including phenoxy) is 2. The van der Waals surface area contributed by atoms with E-state index in [-0.39, 0.29) is 19.1 Å². The van der Waals surface area contributed by atoms with Gasteiger partial charge >= 0.3 is 11.9 Å². The van der Waals surface area contributed by atoms with Crippen molar-refractivity contribution < 1.29 is 23.9 Å². The molecule has 0 bridgehead atoms. The Morgan fingerprint density at radius 1 is 1.04 bits per heavy atom. The molecular formula is C18H16BrNO5. The summed E-state index contributed by atoms with van der Waals surface area (Å²) < 4.78 is 10.3. The minimum Gasteiger partial charge on any atom is -0.465 e. The largest absolute Gasteiger partial charge is 0.465 e. The molecule has 0 unspecified atom stereocenters. The molecule has 0 aliphatic carbocycles. The molecule has 2 aromatic carbocycles. The molecule has 0 saturated heterocycles. The fourth-order valence-electron chi connectivity index (χ4n) is 1.96. The van der Waals surface area contributed by atoms with Crippen LogP contribution in [-0.4, -0.2) is 31.5 Å². The fraction of sp³-hybridized carbons (Fsp3) is 0.167. The van der Waals surface area contributed by atoms with Gasteiger partial charge in [-0.3, -0.25) is 9.59 Å². The summed E-state index contributed by atoms with van der Waals surface area (Å²) in [7, 11) is 1.31. The summed E-state index contributed by atoms with van der Waals surface area (Å²) >= 11 is 3.28. The maximum atomic E-state index is 12.0. The van der Waals surface area contributed by atoms with E-state index >= 15 is 0 Å². The summed E-state index contributed by atoms with van der Waals surface area (Å²) in [4.78, 5) is 35.0. The van der Waals surface area contributed by atoms with Crippen LogP contribution in [0.3, 0.4) is 0 Å². The van der Waals surface area contributed by atoms with E-state index in [1.54, 1.807) is 48.5 Å². The van der Waals surface area contributed by atoms with Crippen LogP contribution in [0.15, 0.2) is 53.0 Å². The molecule has 0 spiro atoms. The molecule has 0 radical (unpaired) electrons. The van der Waals surface area contributed by atoms with Crippen LogP contribution in [0, 0.1) is 0 Å². The molecule has 130 valence electrons. The Labute approximate surface area is 153 Å². The molecular weight excluding hydrogens is 390 g/mol. The van der Waals surface area contributed by atoms with Gasteiger partial charge in [-0.2, -0.15) is 0 Å². The van der Waals surface area contributed by atoms with Crippen molar-refractivity contribution in [2.24, 2.45) is 0 Å². The van der Waals surface area contributed by atoms with Crippen LogP contribution in [0.1, 0.15) is 26.3 Å². The monoisotopic (exact) mass is 405 g/mol. The molecule has 25 heavy (non-hydrogen) atoms. The Morgan fingerprint density at radius 3 is 2.36 bits per heavy atom. The highest BCUT2D eigenvalue weighted by atomic mass is 79.9. The van der Waals surface area contributed by atoms with Gasteiger partial charge in [0.05, 0.1) is 18.2 Å². The number of hydrogen-bond acceptors (Lipinski definition) is 5. The van der Waals surface area contributed by atoms with Gasteiger partial charge in [-0.1, -0.05) is 24.3 Å². The zero-order chi connectivity index (χ0) is 18.2. The summed E-state index contributed by atoms with van der Waals surface area (Å²) in [6.45, 7) is -0.189. The highest BCUT2D eigenvalue weighted by molar-refractivity contribution is 9.10. The Morgan fingerprint density at radius 2 is 1.72 bits per heavy atom. The van der Waals surface area contributed by atoms with E-state index in [9.17, 15) is 14.4 Å². The lowest BCUT2D eigenvalue weighted by Gasteiger charge is -2.08. The molecule has 0 heterocycles. The van der Waals surface area contributed by atoms with Gasteiger partial charge in [-0.15, -0.1) is 0 Å². The molecule has 2 aromatic rings. The number of halogens is 1. The summed E-state index contributed by atoms with van der Waals surface area (Å²) in [5, 5.41) is 2.50. The first-order valence-electron chi connectivity index (χ1n) is 7.37. The Bertz CT molecular complexity index is 773. The van der Waals surface area contributed by atoms with E-state index in [1.807, 2.05) is 0 Å². The third-order valence-electron chi connectivity index (χ3n) is 3.29. The van der Waals surface area contributed by atoms with E-state index in [2.05, 4.69) is 26.0 Å². The lowest BCUT2D eigenvalue weighted by Crippen LogP contribution is -2.30. The van der Waals surface area contributed by atoms with Crippen LogP contribution in [0.2, 0.25) is 0 Å². The van der Waals surface area contributed by atoms with Crippen molar-refractivity contribution >= 4 is 33.8 Å². The standard InChI is InChI=1S/C18H16BrNO5/c1-24-18(23)13-8-6-12(7-9-13)11-25-16(21)10-20-17(22)14-4-2-3-5-15(14)19/h2-9H,10-11H2,1H3,(H,20,22). The van der Waals surface area contributed by atoms with Crippen LogP contribution >= 0.6 is 15.9 Å². The number of nitrogens with one attached hydrogen (secondary N) is 1. The minimum absolute atomic E-state index is 0.0468. The average Bonchev–Trinajstić information content (AvgIpc) is 2.64. The second-order valence-corrected chi connectivity index (χ2v) is 5.87. The Hall–Kier alpha value is -2.67. The molecule has 2 rings (SSSR count). The van der Waals surface area contributed by atoms with E-state index in [0.717, 1.165) is 5.56 Å². The molecule has 6 nitrogen and oxygen atoms in total. The van der Waals surface area contributed by atoms with Crippen LogP contribution in [-0.2, 0) is 20.9 Å². The van der Waals surface area contributed by atoms with Crippen LogP contribution in [0.5, 0.6) is 0 Å². The zero-order valence-electron chi connectivity index (χ0n) is 13.5. The Balaban J connectivity index is 1.80. The van der Waals surface area contributed by atoms with E-state index < -0.39 is 11.9 Å². The third kappa shape index (κ3) is 5.42. The van der Waals surface area contributed by atoms with Gasteiger partial charge in [0.25, 0.3) is 5.91 Å². The van der Waals surface area contributed by atoms with Gasteiger partial charge in [0.15, 0.2) is 0 Å². The first kappa shape index (κ1) is 18.7. The molecule has 1 amide bonds. The molecule has 0 aliphatic rings. The van der Waals surface area contributed by atoms with Crippen molar-refractivity contribution in [3.05, 3.63) is 69.7 Å². The summed E-state index contributed by atoms with van der Waals surface area (Å²) in [6, 6.07) is 13.4. The third-order valence-corrected chi connectivity index (χ3v) is 3.98. The lowest BCUT2D eigenvalue weighted by molar-refractivity contribution is -0.143. The fourth-order valence-corrected chi connectivity index (χ4v) is 2.43. The number of methoxy groups -OCH3 is 1. The number of amides is 1. The number of benzene rings is 2. The quantitative estimate of drug-likeness (QED) is 0.747. The van der Waals surface area contributed by atoms with Crippen molar-refractivity contribution in [1.29, 1.82) is 0 Å². The van der Waals surface area contributed by atoms with Crippen molar-refractivity contribution in [3.63, 3.8) is 0 Å².